The van der Waals surface area contributed by atoms with Crippen LogP contribution < -0.4 is 9.47 Å². The smallest absolute Gasteiger partial charge is 0.125 e. The summed E-state index contributed by atoms with van der Waals surface area (Å²) in [5, 5.41) is 9.13. The molecule has 0 radical (unpaired) electrons. The summed E-state index contributed by atoms with van der Waals surface area (Å²) in [4.78, 5) is 0. The molecule has 3 nitrogen and oxygen atoms in total. The van der Waals surface area contributed by atoms with Crippen molar-refractivity contribution in [3.63, 3.8) is 0 Å². The van der Waals surface area contributed by atoms with Gasteiger partial charge in [-0.05, 0) is 12.1 Å². The van der Waals surface area contributed by atoms with Crippen LogP contribution in [-0.4, -0.2) is 25.9 Å². The molecule has 0 aliphatic carbocycles. The van der Waals surface area contributed by atoms with Crippen molar-refractivity contribution in [1.82, 2.24) is 0 Å². The highest BCUT2D eigenvalue weighted by Crippen LogP contribution is 2.33. The molecule has 16 heavy (non-hydrogen) atoms. The zero-order chi connectivity index (χ0) is 12.1. The highest BCUT2D eigenvalue weighted by molar-refractivity contribution is 5.47. The fraction of sp³-hybridized carbons (Fsp3) is 0.500. The van der Waals surface area contributed by atoms with Crippen LogP contribution in [0, 0.1) is 0 Å². The number of aliphatic hydroxyl groups excluding tert-OH is 1. The van der Waals surface area contributed by atoms with Crippen LogP contribution in [0.1, 0.15) is 24.0 Å². The minimum Gasteiger partial charge on any atom is -0.496 e. The van der Waals surface area contributed by atoms with E-state index < -0.39 is 6.67 Å². The molecule has 90 valence electrons. The molecule has 0 saturated heterocycles. The molecule has 0 aromatic heterocycles. The van der Waals surface area contributed by atoms with E-state index in [0.717, 1.165) is 5.56 Å². The molecule has 1 N–H and O–H groups in total. The third-order valence-electron chi connectivity index (χ3n) is 2.58. The van der Waals surface area contributed by atoms with E-state index in [0.29, 0.717) is 17.1 Å². The van der Waals surface area contributed by atoms with Crippen molar-refractivity contribution < 1.29 is 19.0 Å². The lowest BCUT2D eigenvalue weighted by molar-refractivity contribution is 0.269. The first kappa shape index (κ1) is 12.8. The SMILES string of the molecule is COc1cc(C(C)CO)c(OC)cc1CF. The molecule has 1 rings (SSSR count). The number of methoxy groups -OCH3 is 2. The number of aliphatic hydroxyl groups is 1. The highest BCUT2D eigenvalue weighted by atomic mass is 19.1. The van der Waals surface area contributed by atoms with Crippen molar-refractivity contribution in [2.24, 2.45) is 0 Å². The van der Waals surface area contributed by atoms with Crippen molar-refractivity contribution in [3.05, 3.63) is 23.3 Å². The van der Waals surface area contributed by atoms with E-state index in [4.69, 9.17) is 14.6 Å². The van der Waals surface area contributed by atoms with Crippen molar-refractivity contribution >= 4 is 0 Å². The monoisotopic (exact) mass is 228 g/mol. The third-order valence-corrected chi connectivity index (χ3v) is 2.58. The van der Waals surface area contributed by atoms with Crippen LogP contribution in [0.3, 0.4) is 0 Å². The van der Waals surface area contributed by atoms with E-state index >= 15 is 0 Å². The number of hydrogen-bond donors (Lipinski definition) is 1. The summed E-state index contributed by atoms with van der Waals surface area (Å²) < 4.78 is 23.0. The average molecular weight is 228 g/mol. The van der Waals surface area contributed by atoms with Gasteiger partial charge in [-0.1, -0.05) is 6.92 Å². The Kier molecular flexibility index (Phi) is 4.55. The predicted octanol–water partition coefficient (Wildman–Crippen LogP) is 2.27. The summed E-state index contributed by atoms with van der Waals surface area (Å²) in [5.41, 5.74) is 1.27. The summed E-state index contributed by atoms with van der Waals surface area (Å²) in [5.74, 6) is 0.992. The van der Waals surface area contributed by atoms with Crippen LogP contribution >= 0.6 is 0 Å². The van der Waals surface area contributed by atoms with Crippen LogP contribution in [0.25, 0.3) is 0 Å². The van der Waals surface area contributed by atoms with Crippen LogP contribution in [0.2, 0.25) is 0 Å². The van der Waals surface area contributed by atoms with Gasteiger partial charge in [-0.25, -0.2) is 4.39 Å². The minimum atomic E-state index is -0.604. The van der Waals surface area contributed by atoms with Gasteiger partial charge in [0.25, 0.3) is 0 Å². The Morgan fingerprint density at radius 1 is 1.25 bits per heavy atom. The predicted molar refractivity (Wildman–Crippen MR) is 59.9 cm³/mol. The van der Waals surface area contributed by atoms with E-state index in [9.17, 15) is 4.39 Å². The minimum absolute atomic E-state index is 0.00842. The Morgan fingerprint density at radius 3 is 2.31 bits per heavy atom. The summed E-state index contributed by atoms with van der Waals surface area (Å²) in [7, 11) is 3.02. The summed E-state index contributed by atoms with van der Waals surface area (Å²) >= 11 is 0. The second-order valence-electron chi connectivity index (χ2n) is 3.62. The van der Waals surface area contributed by atoms with Crippen LogP contribution in [0.5, 0.6) is 11.5 Å². The van der Waals surface area contributed by atoms with Crippen LogP contribution in [0.4, 0.5) is 4.39 Å². The Balaban J connectivity index is 3.25. The molecule has 0 fully saturated rings. The zero-order valence-corrected chi connectivity index (χ0v) is 9.79. The van der Waals surface area contributed by atoms with Gasteiger partial charge in [0.05, 0.1) is 14.2 Å². The molecule has 0 saturated carbocycles. The first-order valence-corrected chi connectivity index (χ1v) is 5.09. The first-order chi connectivity index (χ1) is 7.67. The van der Waals surface area contributed by atoms with Crippen molar-refractivity contribution in [3.8, 4) is 11.5 Å². The summed E-state index contributed by atoms with van der Waals surface area (Å²) in [6, 6.07) is 3.33. The molecule has 0 aliphatic heterocycles. The highest BCUT2D eigenvalue weighted by Gasteiger charge is 2.15. The lowest BCUT2D eigenvalue weighted by atomic mass is 9.98. The van der Waals surface area contributed by atoms with Gasteiger partial charge >= 0.3 is 0 Å². The molecule has 0 bridgehead atoms. The second kappa shape index (κ2) is 5.70. The van der Waals surface area contributed by atoms with Gasteiger partial charge in [0.1, 0.15) is 18.2 Å². The maximum atomic E-state index is 12.7. The van der Waals surface area contributed by atoms with Gasteiger partial charge in [-0.3, -0.25) is 0 Å². The summed E-state index contributed by atoms with van der Waals surface area (Å²) in [6.45, 7) is 1.27. The van der Waals surface area contributed by atoms with Crippen molar-refractivity contribution in [1.29, 1.82) is 0 Å². The Hall–Kier alpha value is -1.29. The van der Waals surface area contributed by atoms with Gasteiger partial charge < -0.3 is 14.6 Å². The molecule has 0 aliphatic rings. The normalized spacial score (nSPS) is 12.3. The number of rotatable bonds is 5. The zero-order valence-electron chi connectivity index (χ0n) is 9.79. The summed E-state index contributed by atoms with van der Waals surface area (Å²) in [6.07, 6.45) is 0. The maximum Gasteiger partial charge on any atom is 0.125 e. The first-order valence-electron chi connectivity index (χ1n) is 5.09. The molecule has 1 atom stereocenters. The number of hydrogen-bond acceptors (Lipinski definition) is 3. The molecule has 0 spiro atoms. The number of benzene rings is 1. The van der Waals surface area contributed by atoms with Gasteiger partial charge in [0.2, 0.25) is 0 Å². The topological polar surface area (TPSA) is 38.7 Å². The van der Waals surface area contributed by atoms with Gasteiger partial charge in [0.15, 0.2) is 0 Å². The van der Waals surface area contributed by atoms with E-state index in [1.807, 2.05) is 6.92 Å². The van der Waals surface area contributed by atoms with Gasteiger partial charge in [-0.2, -0.15) is 0 Å². The van der Waals surface area contributed by atoms with Crippen molar-refractivity contribution in [2.75, 3.05) is 20.8 Å². The quantitative estimate of drug-likeness (QED) is 0.840. The molecule has 4 heteroatoms. The number of alkyl halides is 1. The molecule has 1 unspecified atom stereocenters. The molecule has 1 aromatic rings. The average Bonchev–Trinajstić information content (AvgIpc) is 2.35. The Morgan fingerprint density at radius 2 is 1.88 bits per heavy atom. The molecule has 0 amide bonds. The lowest BCUT2D eigenvalue weighted by Gasteiger charge is -2.16. The maximum absolute atomic E-state index is 12.7. The van der Waals surface area contributed by atoms with E-state index in [-0.39, 0.29) is 12.5 Å². The third kappa shape index (κ3) is 2.44. The standard InChI is InChI=1S/C12H17FO3/c1-8(7-14)10-5-11(15-2)9(6-13)4-12(10)16-3/h4-5,8,14H,6-7H2,1-3H3. The fourth-order valence-corrected chi connectivity index (χ4v) is 1.57. The van der Waals surface area contributed by atoms with Crippen molar-refractivity contribution in [2.45, 2.75) is 19.5 Å². The van der Waals surface area contributed by atoms with E-state index in [1.54, 1.807) is 12.1 Å². The van der Waals surface area contributed by atoms with Crippen LogP contribution in [0.15, 0.2) is 12.1 Å². The number of ether oxygens (including phenoxy) is 2. The fourth-order valence-electron chi connectivity index (χ4n) is 1.57. The van der Waals surface area contributed by atoms with Gasteiger partial charge in [0, 0.05) is 23.7 Å². The number of halogens is 1. The Bertz CT molecular complexity index is 352. The molecular weight excluding hydrogens is 211 g/mol. The van der Waals surface area contributed by atoms with E-state index in [1.165, 1.54) is 14.2 Å². The molecule has 1 aromatic carbocycles. The Labute approximate surface area is 94.8 Å². The van der Waals surface area contributed by atoms with Gasteiger partial charge in [-0.15, -0.1) is 0 Å². The van der Waals surface area contributed by atoms with E-state index in [2.05, 4.69) is 0 Å². The lowest BCUT2D eigenvalue weighted by Crippen LogP contribution is -2.04. The second-order valence-corrected chi connectivity index (χ2v) is 3.62. The molecule has 0 heterocycles. The van der Waals surface area contributed by atoms with Crippen LogP contribution in [-0.2, 0) is 6.67 Å². The molecular formula is C12H17FO3. The largest absolute Gasteiger partial charge is 0.496 e.